The Bertz CT molecular complexity index is 667. The summed E-state index contributed by atoms with van der Waals surface area (Å²) in [6.07, 6.45) is 6.53. The van der Waals surface area contributed by atoms with Gasteiger partial charge >= 0.3 is 5.97 Å². The monoisotopic (exact) mass is 350 g/mol. The third kappa shape index (κ3) is 3.77. The molecule has 132 valence electrons. The van der Waals surface area contributed by atoms with Crippen molar-refractivity contribution >= 4 is 22.6 Å². The predicted molar refractivity (Wildman–Crippen MR) is 95.7 cm³/mol. The van der Waals surface area contributed by atoms with Crippen molar-refractivity contribution < 1.29 is 18.5 Å². The lowest BCUT2D eigenvalue weighted by atomic mass is 9.58. The number of ether oxygens (including phenoxy) is 1. The van der Waals surface area contributed by atoms with Crippen LogP contribution in [0.1, 0.15) is 47.0 Å². The molecule has 2 rings (SSSR count). The van der Waals surface area contributed by atoms with Gasteiger partial charge in [0.15, 0.2) is 5.78 Å². The SMILES string of the molecule is CC(C)=C1C[C@@]2(C)C(=CC1=O)CC[C@@H](OC(=O)/C=C/[S@@](C)=O)[C@@H]2C. The summed E-state index contributed by atoms with van der Waals surface area (Å²) in [6, 6.07) is 0. The molecule has 0 aromatic heterocycles. The Morgan fingerprint density at radius 3 is 2.67 bits per heavy atom. The first-order valence-corrected chi connectivity index (χ1v) is 9.90. The van der Waals surface area contributed by atoms with E-state index in [4.69, 9.17) is 4.74 Å². The molecule has 1 fully saturated rings. The standard InChI is InChI=1S/C19H26O4S/c1-12(2)15-11-19(4)13(3)17(7-6-14(19)10-16(15)20)23-18(21)8-9-24(5)22/h8-10,13,17H,6-7,11H2,1-5H3/b9-8+/t13-,17+,19+,24+/m0/s1. The zero-order valence-corrected chi connectivity index (χ0v) is 15.9. The maximum atomic E-state index is 12.3. The first kappa shape index (κ1) is 18.8. The van der Waals surface area contributed by atoms with Crippen LogP contribution in [0.4, 0.5) is 0 Å². The molecule has 2 aliphatic rings. The van der Waals surface area contributed by atoms with E-state index < -0.39 is 16.8 Å². The average Bonchev–Trinajstić information content (AvgIpc) is 2.49. The number of rotatable bonds is 3. The zero-order chi connectivity index (χ0) is 18.1. The van der Waals surface area contributed by atoms with Crippen LogP contribution in [-0.2, 0) is 25.1 Å². The van der Waals surface area contributed by atoms with Crippen LogP contribution in [0.25, 0.3) is 0 Å². The largest absolute Gasteiger partial charge is 0.459 e. The minimum Gasteiger partial charge on any atom is -0.459 e. The average molecular weight is 350 g/mol. The molecule has 0 spiro atoms. The van der Waals surface area contributed by atoms with Gasteiger partial charge in [-0.05, 0) is 50.2 Å². The summed E-state index contributed by atoms with van der Waals surface area (Å²) in [5, 5.41) is 1.34. The van der Waals surface area contributed by atoms with Gasteiger partial charge in [-0.3, -0.25) is 9.00 Å². The Morgan fingerprint density at radius 1 is 1.42 bits per heavy atom. The lowest BCUT2D eigenvalue weighted by Gasteiger charge is -2.48. The maximum absolute atomic E-state index is 12.3. The molecule has 0 aromatic rings. The van der Waals surface area contributed by atoms with Gasteiger partial charge in [-0.1, -0.05) is 25.0 Å². The van der Waals surface area contributed by atoms with Crippen LogP contribution < -0.4 is 0 Å². The van der Waals surface area contributed by atoms with E-state index in [1.165, 1.54) is 23.3 Å². The van der Waals surface area contributed by atoms with Crippen molar-refractivity contribution in [3.63, 3.8) is 0 Å². The van der Waals surface area contributed by atoms with Crippen LogP contribution in [0, 0.1) is 11.3 Å². The third-order valence-electron chi connectivity index (χ3n) is 5.41. The quantitative estimate of drug-likeness (QED) is 0.578. The molecule has 0 radical (unpaired) electrons. The molecule has 0 aromatic carbocycles. The second-order valence-electron chi connectivity index (χ2n) is 7.21. The molecular weight excluding hydrogens is 324 g/mol. The molecule has 0 unspecified atom stereocenters. The van der Waals surface area contributed by atoms with Gasteiger partial charge in [0.2, 0.25) is 0 Å². The molecular formula is C19H26O4S. The van der Waals surface area contributed by atoms with Crippen LogP contribution in [0.5, 0.6) is 0 Å². The molecule has 24 heavy (non-hydrogen) atoms. The van der Waals surface area contributed by atoms with Crippen molar-refractivity contribution in [2.24, 2.45) is 11.3 Å². The highest BCUT2D eigenvalue weighted by Crippen LogP contribution is 2.52. The van der Waals surface area contributed by atoms with E-state index in [9.17, 15) is 13.8 Å². The van der Waals surface area contributed by atoms with Gasteiger partial charge in [0.1, 0.15) is 6.10 Å². The fourth-order valence-electron chi connectivity index (χ4n) is 3.67. The van der Waals surface area contributed by atoms with Crippen molar-refractivity contribution in [3.05, 3.63) is 34.3 Å². The summed E-state index contributed by atoms with van der Waals surface area (Å²) in [6.45, 7) is 8.19. The van der Waals surface area contributed by atoms with Crippen LogP contribution in [0.2, 0.25) is 0 Å². The number of hydrogen-bond acceptors (Lipinski definition) is 4. The topological polar surface area (TPSA) is 60.4 Å². The second-order valence-corrected chi connectivity index (χ2v) is 8.48. The normalized spacial score (nSPS) is 31.5. The van der Waals surface area contributed by atoms with E-state index in [2.05, 4.69) is 13.8 Å². The Balaban J connectivity index is 2.22. The van der Waals surface area contributed by atoms with Crippen LogP contribution >= 0.6 is 0 Å². The van der Waals surface area contributed by atoms with Gasteiger partial charge in [0.25, 0.3) is 0 Å². The molecule has 0 N–H and O–H groups in total. The van der Waals surface area contributed by atoms with Crippen molar-refractivity contribution in [2.75, 3.05) is 6.26 Å². The van der Waals surface area contributed by atoms with E-state index in [0.717, 1.165) is 24.0 Å². The lowest BCUT2D eigenvalue weighted by Crippen LogP contribution is -2.44. The highest BCUT2D eigenvalue weighted by atomic mass is 32.2. The minimum atomic E-state index is -1.16. The predicted octanol–water partition coefficient (Wildman–Crippen LogP) is 3.46. The number of carbonyl (C=O) groups is 2. The van der Waals surface area contributed by atoms with Crippen molar-refractivity contribution in [1.29, 1.82) is 0 Å². The molecule has 4 nitrogen and oxygen atoms in total. The Kier molecular flexibility index (Phi) is 5.63. The van der Waals surface area contributed by atoms with Crippen molar-refractivity contribution in [1.82, 2.24) is 0 Å². The van der Waals surface area contributed by atoms with E-state index in [1.807, 2.05) is 13.8 Å². The zero-order valence-electron chi connectivity index (χ0n) is 15.0. The molecule has 0 heterocycles. The first-order chi connectivity index (χ1) is 11.1. The summed E-state index contributed by atoms with van der Waals surface area (Å²) in [4.78, 5) is 24.2. The highest BCUT2D eigenvalue weighted by molar-refractivity contribution is 7.87. The van der Waals surface area contributed by atoms with E-state index in [-0.39, 0.29) is 23.2 Å². The maximum Gasteiger partial charge on any atom is 0.331 e. The summed E-state index contributed by atoms with van der Waals surface area (Å²) >= 11 is 0. The van der Waals surface area contributed by atoms with Crippen molar-refractivity contribution in [3.8, 4) is 0 Å². The first-order valence-electron chi connectivity index (χ1n) is 8.28. The number of fused-ring (bicyclic) bond motifs is 1. The number of hydrogen-bond donors (Lipinski definition) is 0. The highest BCUT2D eigenvalue weighted by Gasteiger charge is 2.47. The minimum absolute atomic E-state index is 0.115. The van der Waals surface area contributed by atoms with Gasteiger partial charge < -0.3 is 4.74 Å². The third-order valence-corrected chi connectivity index (χ3v) is 5.93. The van der Waals surface area contributed by atoms with Gasteiger partial charge in [0.05, 0.1) is 0 Å². The van der Waals surface area contributed by atoms with Crippen LogP contribution in [-0.4, -0.2) is 28.3 Å². The van der Waals surface area contributed by atoms with Crippen LogP contribution in [0.15, 0.2) is 34.3 Å². The van der Waals surface area contributed by atoms with Gasteiger partial charge in [-0.2, -0.15) is 0 Å². The van der Waals surface area contributed by atoms with Gasteiger partial charge in [0, 0.05) is 34.5 Å². The summed E-state index contributed by atoms with van der Waals surface area (Å²) in [5.41, 5.74) is 2.93. The van der Waals surface area contributed by atoms with E-state index in [0.29, 0.717) is 6.42 Å². The van der Waals surface area contributed by atoms with Gasteiger partial charge in [-0.15, -0.1) is 0 Å². The van der Waals surface area contributed by atoms with E-state index in [1.54, 1.807) is 6.08 Å². The number of allylic oxidation sites excluding steroid dienone is 4. The fourth-order valence-corrected chi connectivity index (χ4v) is 3.97. The number of esters is 1. The molecule has 4 atom stereocenters. The summed E-state index contributed by atoms with van der Waals surface area (Å²) in [5.74, 6) is -0.213. The molecule has 5 heteroatoms. The molecule has 0 bridgehead atoms. The van der Waals surface area contributed by atoms with Gasteiger partial charge in [-0.25, -0.2) is 4.79 Å². The molecule has 1 saturated carbocycles. The Labute approximate surface area is 146 Å². The van der Waals surface area contributed by atoms with Crippen LogP contribution in [0.3, 0.4) is 0 Å². The number of carbonyl (C=O) groups excluding carboxylic acids is 2. The summed E-state index contributed by atoms with van der Waals surface area (Å²) in [7, 11) is -1.16. The van der Waals surface area contributed by atoms with E-state index >= 15 is 0 Å². The van der Waals surface area contributed by atoms with Crippen molar-refractivity contribution in [2.45, 2.75) is 53.1 Å². The molecule has 2 aliphatic carbocycles. The lowest BCUT2D eigenvalue weighted by molar-refractivity contribution is -0.149. The summed E-state index contributed by atoms with van der Waals surface area (Å²) < 4.78 is 16.6. The smallest absolute Gasteiger partial charge is 0.331 e. The number of ketones is 1. The molecule has 0 saturated heterocycles. The Hall–Kier alpha value is -1.49. The fraction of sp³-hybridized carbons (Fsp3) is 0.579. The second kappa shape index (κ2) is 7.18. The Morgan fingerprint density at radius 2 is 2.08 bits per heavy atom. The molecule has 0 amide bonds. The molecule has 0 aliphatic heterocycles.